The van der Waals surface area contributed by atoms with Gasteiger partial charge in [0.1, 0.15) is 17.4 Å². The molecule has 0 atom stereocenters. The maximum atomic E-state index is 13.0. The fourth-order valence-corrected chi connectivity index (χ4v) is 2.83. The van der Waals surface area contributed by atoms with Crippen molar-refractivity contribution in [1.29, 1.82) is 0 Å². The molecule has 3 aromatic rings. The smallest absolute Gasteiger partial charge is 0.358 e. The van der Waals surface area contributed by atoms with E-state index in [2.05, 4.69) is 15.5 Å². The number of aromatic nitrogens is 4. The first-order valence-corrected chi connectivity index (χ1v) is 8.64. The molecule has 0 aliphatic rings. The predicted octanol–water partition coefficient (Wildman–Crippen LogP) is 3.43. The number of nitro groups is 1. The highest BCUT2D eigenvalue weighted by atomic mass is 35.5. The van der Waals surface area contributed by atoms with Crippen molar-refractivity contribution in [3.63, 3.8) is 0 Å². The molecule has 0 unspecified atom stereocenters. The zero-order chi connectivity index (χ0) is 20.4. The molecule has 28 heavy (non-hydrogen) atoms. The lowest BCUT2D eigenvalue weighted by molar-refractivity contribution is -0.389. The molecule has 1 aromatic carbocycles. The van der Waals surface area contributed by atoms with E-state index in [9.17, 15) is 19.3 Å². The normalized spacial score (nSPS) is 10.9. The number of hydrogen-bond acceptors (Lipinski definition) is 5. The van der Waals surface area contributed by atoms with E-state index in [4.69, 9.17) is 23.2 Å². The molecule has 146 valence electrons. The number of rotatable bonds is 6. The Hall–Kier alpha value is -2.98. The van der Waals surface area contributed by atoms with Crippen LogP contribution in [0.1, 0.15) is 11.3 Å². The van der Waals surface area contributed by atoms with Gasteiger partial charge in [0, 0.05) is 6.20 Å². The summed E-state index contributed by atoms with van der Waals surface area (Å²) in [6.07, 6.45) is 1.52. The third-order valence-electron chi connectivity index (χ3n) is 3.82. The zero-order valence-electron chi connectivity index (χ0n) is 14.4. The van der Waals surface area contributed by atoms with Crippen molar-refractivity contribution in [3.05, 3.63) is 67.7 Å². The van der Waals surface area contributed by atoms with Crippen molar-refractivity contribution < 1.29 is 14.1 Å². The lowest BCUT2D eigenvalue weighted by atomic mass is 10.2. The Morgan fingerprint density at radius 3 is 2.57 bits per heavy atom. The highest BCUT2D eigenvalue weighted by molar-refractivity contribution is 6.33. The summed E-state index contributed by atoms with van der Waals surface area (Å²) in [5.41, 5.74) is 1.09. The Labute approximate surface area is 167 Å². The Balaban J connectivity index is 1.69. The van der Waals surface area contributed by atoms with Crippen molar-refractivity contribution in [3.8, 4) is 0 Å². The monoisotopic (exact) mass is 426 g/mol. The highest BCUT2D eigenvalue weighted by Crippen LogP contribution is 2.26. The summed E-state index contributed by atoms with van der Waals surface area (Å²) in [6.45, 7) is 1.54. The molecule has 0 aliphatic heterocycles. The van der Waals surface area contributed by atoms with Crippen LogP contribution in [0.2, 0.25) is 10.0 Å². The summed E-state index contributed by atoms with van der Waals surface area (Å²) in [5.74, 6) is -1.27. The van der Waals surface area contributed by atoms with Gasteiger partial charge in [0.15, 0.2) is 10.8 Å². The quantitative estimate of drug-likeness (QED) is 0.479. The number of carbonyl (C=O) groups excluding carboxylic acids is 1. The molecule has 12 heteroatoms. The number of anilines is 1. The standard InChI is InChI=1S/C16H13Cl2FN6O3/c1-9-14(18)16(25(27)28)22-24(9)8-13(26)20-15-12(17)7-23(21-15)6-10-2-4-11(19)5-3-10/h2-5,7H,6,8H2,1H3,(H,20,21,26). The Morgan fingerprint density at radius 2 is 1.96 bits per heavy atom. The minimum Gasteiger partial charge on any atom is -0.358 e. The van der Waals surface area contributed by atoms with Gasteiger partial charge in [-0.2, -0.15) is 9.78 Å². The molecular formula is C16H13Cl2FN6O3. The number of nitrogens with zero attached hydrogens (tertiary/aromatic N) is 5. The van der Waals surface area contributed by atoms with Crippen molar-refractivity contribution in [1.82, 2.24) is 19.6 Å². The topological polar surface area (TPSA) is 108 Å². The van der Waals surface area contributed by atoms with E-state index in [1.54, 1.807) is 12.1 Å². The molecule has 0 spiro atoms. The summed E-state index contributed by atoms with van der Waals surface area (Å²) >= 11 is 11.9. The van der Waals surface area contributed by atoms with E-state index in [1.807, 2.05) is 0 Å². The summed E-state index contributed by atoms with van der Waals surface area (Å²) in [4.78, 5) is 22.4. The lowest BCUT2D eigenvalue weighted by Gasteiger charge is -2.03. The molecule has 9 nitrogen and oxygen atoms in total. The minimum absolute atomic E-state index is 0.124. The molecule has 0 aliphatic carbocycles. The van der Waals surface area contributed by atoms with Crippen LogP contribution < -0.4 is 5.32 Å². The zero-order valence-corrected chi connectivity index (χ0v) is 15.9. The van der Waals surface area contributed by atoms with E-state index in [0.29, 0.717) is 6.54 Å². The Bertz CT molecular complexity index is 1050. The second-order valence-electron chi connectivity index (χ2n) is 5.84. The van der Waals surface area contributed by atoms with Gasteiger partial charge in [-0.25, -0.2) is 4.39 Å². The van der Waals surface area contributed by atoms with Gasteiger partial charge in [0.25, 0.3) is 0 Å². The Morgan fingerprint density at radius 1 is 1.29 bits per heavy atom. The fraction of sp³-hybridized carbons (Fsp3) is 0.188. The average Bonchev–Trinajstić information content (AvgIpc) is 3.11. The van der Waals surface area contributed by atoms with Gasteiger partial charge in [0.2, 0.25) is 5.91 Å². The molecule has 0 radical (unpaired) electrons. The van der Waals surface area contributed by atoms with Crippen LogP contribution in [0.5, 0.6) is 0 Å². The van der Waals surface area contributed by atoms with Gasteiger partial charge in [-0.1, -0.05) is 35.3 Å². The molecule has 0 fully saturated rings. The molecule has 3 rings (SSSR count). The van der Waals surface area contributed by atoms with Crippen LogP contribution in [-0.4, -0.2) is 30.4 Å². The molecule has 1 N–H and O–H groups in total. The van der Waals surface area contributed by atoms with Gasteiger partial charge >= 0.3 is 5.82 Å². The van der Waals surface area contributed by atoms with Crippen molar-refractivity contribution in [2.75, 3.05) is 5.32 Å². The number of nitrogens with one attached hydrogen (secondary N) is 1. The summed E-state index contributed by atoms with van der Waals surface area (Å²) in [7, 11) is 0. The Kier molecular flexibility index (Phi) is 5.61. The van der Waals surface area contributed by atoms with Gasteiger partial charge in [-0.3, -0.25) is 9.48 Å². The molecule has 0 saturated carbocycles. The number of hydrogen-bond donors (Lipinski definition) is 1. The van der Waals surface area contributed by atoms with Gasteiger partial charge < -0.3 is 15.4 Å². The molecule has 1 amide bonds. The maximum Gasteiger partial charge on any atom is 0.408 e. The average molecular weight is 427 g/mol. The van der Waals surface area contributed by atoms with Crippen LogP contribution in [0.3, 0.4) is 0 Å². The third kappa shape index (κ3) is 4.29. The fourth-order valence-electron chi connectivity index (χ4n) is 2.43. The van der Waals surface area contributed by atoms with Crippen LogP contribution in [0.4, 0.5) is 16.0 Å². The number of carbonyl (C=O) groups is 1. The minimum atomic E-state index is -0.724. The van der Waals surface area contributed by atoms with E-state index in [-0.39, 0.29) is 33.9 Å². The summed E-state index contributed by atoms with van der Waals surface area (Å²) in [6, 6.07) is 5.89. The van der Waals surface area contributed by atoms with Gasteiger partial charge in [0.05, 0.1) is 17.3 Å². The van der Waals surface area contributed by atoms with Crippen LogP contribution in [0.25, 0.3) is 0 Å². The van der Waals surface area contributed by atoms with E-state index >= 15 is 0 Å². The van der Waals surface area contributed by atoms with Crippen LogP contribution >= 0.6 is 23.2 Å². The second-order valence-corrected chi connectivity index (χ2v) is 6.62. The first-order valence-electron chi connectivity index (χ1n) is 7.89. The largest absolute Gasteiger partial charge is 0.408 e. The van der Waals surface area contributed by atoms with E-state index in [0.717, 1.165) is 10.2 Å². The van der Waals surface area contributed by atoms with Crippen LogP contribution in [-0.2, 0) is 17.9 Å². The van der Waals surface area contributed by atoms with E-state index < -0.39 is 16.6 Å². The number of benzene rings is 1. The number of halogens is 3. The summed E-state index contributed by atoms with van der Waals surface area (Å²) in [5, 5.41) is 21.4. The third-order valence-corrected chi connectivity index (χ3v) is 4.53. The highest BCUT2D eigenvalue weighted by Gasteiger charge is 2.25. The van der Waals surface area contributed by atoms with Crippen molar-refractivity contribution >= 4 is 40.7 Å². The van der Waals surface area contributed by atoms with Crippen molar-refractivity contribution in [2.24, 2.45) is 0 Å². The first kappa shape index (κ1) is 19.8. The van der Waals surface area contributed by atoms with Crippen molar-refractivity contribution in [2.45, 2.75) is 20.0 Å². The molecular weight excluding hydrogens is 414 g/mol. The van der Waals surface area contributed by atoms with E-state index in [1.165, 1.54) is 29.9 Å². The number of amides is 1. The second kappa shape index (κ2) is 7.95. The molecule has 2 aromatic heterocycles. The molecule has 0 saturated heterocycles. The maximum absolute atomic E-state index is 13.0. The van der Waals surface area contributed by atoms with Gasteiger partial charge in [-0.15, -0.1) is 0 Å². The SMILES string of the molecule is Cc1c(Cl)c([N+](=O)[O-])nn1CC(=O)Nc1nn(Cc2ccc(F)cc2)cc1Cl. The first-order chi connectivity index (χ1) is 13.2. The molecule has 0 bridgehead atoms. The van der Waals surface area contributed by atoms with Gasteiger partial charge in [-0.05, 0) is 29.5 Å². The van der Waals surface area contributed by atoms with Crippen LogP contribution in [0.15, 0.2) is 30.5 Å². The predicted molar refractivity (Wildman–Crippen MR) is 100.0 cm³/mol. The summed E-state index contributed by atoms with van der Waals surface area (Å²) < 4.78 is 15.6. The lowest BCUT2D eigenvalue weighted by Crippen LogP contribution is -2.21. The molecule has 2 heterocycles. The van der Waals surface area contributed by atoms with Crippen LogP contribution in [0, 0.1) is 22.9 Å².